The van der Waals surface area contributed by atoms with Gasteiger partial charge in [0.05, 0.1) is 24.7 Å². The molecule has 2 heterocycles. The first-order valence-corrected chi connectivity index (χ1v) is 13.1. The van der Waals surface area contributed by atoms with Crippen LogP contribution in [0, 0.1) is 5.41 Å². The molecule has 12 heteroatoms. The largest absolute Gasteiger partial charge is 0.453 e. The second-order valence-electron chi connectivity index (χ2n) is 10.7. The van der Waals surface area contributed by atoms with Crippen molar-refractivity contribution in [3.05, 3.63) is 70.4 Å². The quantitative estimate of drug-likeness (QED) is 0.252. The number of carbonyl (C=O) groups is 4. The van der Waals surface area contributed by atoms with Crippen LogP contribution in [0.5, 0.6) is 0 Å². The van der Waals surface area contributed by atoms with E-state index in [1.54, 1.807) is 50.6 Å². The summed E-state index contributed by atoms with van der Waals surface area (Å²) in [5.41, 5.74) is 0.660. The number of fused-ring (bicyclic) bond motifs is 1. The SMILES string of the molecule is COC(=O)NC(CC/C=C/C(=O)N(C)C)C(=O)Nc1cccn(Cc2nc3cccc(C(=O)C(C)(C)C)c3[nH]2)c1=O. The summed E-state index contributed by atoms with van der Waals surface area (Å²) in [5, 5.41) is 5.04. The standard InChI is InChI=1S/C29H36N6O6/c1-29(2,3)25(37)18-11-9-13-19-24(18)33-22(30-19)17-35-16-10-14-21(27(35)39)31-26(38)20(32-28(40)41-6)12-7-8-15-23(36)34(4)5/h8-11,13-16,20H,7,12,17H2,1-6H3,(H,30,33)(H,31,38)(H,32,40)/b15-8+. The first kappa shape index (κ1) is 30.8. The summed E-state index contributed by atoms with van der Waals surface area (Å²) in [5.74, 6) is -0.399. The minimum absolute atomic E-state index is 0.00667. The van der Waals surface area contributed by atoms with Crippen molar-refractivity contribution in [1.29, 1.82) is 0 Å². The zero-order valence-corrected chi connectivity index (χ0v) is 24.1. The van der Waals surface area contributed by atoms with E-state index in [2.05, 4.69) is 25.3 Å². The second kappa shape index (κ2) is 13.1. The highest BCUT2D eigenvalue weighted by molar-refractivity contribution is 6.08. The third-order valence-corrected chi connectivity index (χ3v) is 6.21. The summed E-state index contributed by atoms with van der Waals surface area (Å²) in [7, 11) is 4.41. The van der Waals surface area contributed by atoms with Gasteiger partial charge in [0, 0.05) is 31.3 Å². The number of ether oxygens (including phenoxy) is 1. The van der Waals surface area contributed by atoms with Gasteiger partial charge in [-0.05, 0) is 43.2 Å². The maximum absolute atomic E-state index is 13.2. The van der Waals surface area contributed by atoms with Gasteiger partial charge in [-0.1, -0.05) is 32.9 Å². The Kier molecular flexibility index (Phi) is 9.82. The summed E-state index contributed by atoms with van der Waals surface area (Å²) in [6, 6.07) is 7.34. The number of nitrogens with zero attached hydrogens (tertiary/aromatic N) is 3. The fourth-order valence-electron chi connectivity index (χ4n) is 3.95. The van der Waals surface area contributed by atoms with Crippen LogP contribution in [-0.2, 0) is 20.9 Å². The number of benzene rings is 1. The number of aromatic nitrogens is 3. The second-order valence-corrected chi connectivity index (χ2v) is 10.7. The zero-order chi connectivity index (χ0) is 30.3. The third kappa shape index (κ3) is 7.90. The van der Waals surface area contributed by atoms with Crippen molar-refractivity contribution >= 4 is 40.4 Å². The van der Waals surface area contributed by atoms with Gasteiger partial charge in [-0.2, -0.15) is 0 Å². The van der Waals surface area contributed by atoms with Crippen molar-refractivity contribution in [2.75, 3.05) is 26.5 Å². The highest BCUT2D eigenvalue weighted by atomic mass is 16.5. The highest BCUT2D eigenvalue weighted by Crippen LogP contribution is 2.25. The Morgan fingerprint density at radius 3 is 2.54 bits per heavy atom. The summed E-state index contributed by atoms with van der Waals surface area (Å²) in [6.07, 6.45) is 4.20. The van der Waals surface area contributed by atoms with E-state index in [4.69, 9.17) is 0 Å². The van der Waals surface area contributed by atoms with Gasteiger partial charge in [0.25, 0.3) is 5.56 Å². The molecule has 0 saturated carbocycles. The molecule has 0 spiro atoms. The number of alkyl carbamates (subject to hydrolysis) is 1. The molecule has 0 saturated heterocycles. The number of H-pyrrole nitrogens is 1. The van der Waals surface area contributed by atoms with Crippen LogP contribution in [0.25, 0.3) is 11.0 Å². The number of carbonyl (C=O) groups excluding carboxylic acids is 4. The number of allylic oxidation sites excluding steroid dienone is 1. The average Bonchev–Trinajstić information content (AvgIpc) is 3.33. The van der Waals surface area contributed by atoms with Gasteiger partial charge >= 0.3 is 6.09 Å². The molecule has 0 aliphatic carbocycles. The molecule has 2 aromatic heterocycles. The number of nitrogens with one attached hydrogen (secondary N) is 3. The molecule has 0 aliphatic rings. The van der Waals surface area contributed by atoms with Crippen molar-refractivity contribution in [3.63, 3.8) is 0 Å². The van der Waals surface area contributed by atoms with Gasteiger partial charge in [0.2, 0.25) is 11.8 Å². The van der Waals surface area contributed by atoms with Gasteiger partial charge in [0.1, 0.15) is 17.6 Å². The molecule has 0 fully saturated rings. The van der Waals surface area contributed by atoms with E-state index in [1.165, 1.54) is 28.7 Å². The fourth-order valence-corrected chi connectivity index (χ4v) is 3.95. The van der Waals surface area contributed by atoms with Crippen LogP contribution in [0.4, 0.5) is 10.5 Å². The molecule has 12 nitrogen and oxygen atoms in total. The fraction of sp³-hybridized carbons (Fsp3) is 0.379. The molecule has 3 amide bonds. The van der Waals surface area contributed by atoms with Crippen molar-refractivity contribution in [2.45, 2.75) is 46.2 Å². The van der Waals surface area contributed by atoms with E-state index < -0.39 is 29.0 Å². The number of ketones is 1. The van der Waals surface area contributed by atoms with Gasteiger partial charge in [-0.25, -0.2) is 9.78 Å². The van der Waals surface area contributed by atoms with Gasteiger partial charge < -0.3 is 29.8 Å². The van der Waals surface area contributed by atoms with E-state index in [9.17, 15) is 24.0 Å². The number of anilines is 1. The number of hydrogen-bond acceptors (Lipinski definition) is 7. The van der Waals surface area contributed by atoms with Crippen molar-refractivity contribution < 1.29 is 23.9 Å². The number of likely N-dealkylation sites (N-methyl/N-ethyl adjacent to an activating group) is 1. The molecular weight excluding hydrogens is 528 g/mol. The van der Waals surface area contributed by atoms with Crippen molar-refractivity contribution in [2.24, 2.45) is 5.41 Å². The monoisotopic (exact) mass is 564 g/mol. The third-order valence-electron chi connectivity index (χ3n) is 6.21. The minimum atomic E-state index is -1.02. The number of amides is 3. The number of pyridine rings is 1. The van der Waals surface area contributed by atoms with E-state index in [-0.39, 0.29) is 30.3 Å². The number of hydrogen-bond donors (Lipinski definition) is 3. The summed E-state index contributed by atoms with van der Waals surface area (Å²) >= 11 is 0. The highest BCUT2D eigenvalue weighted by Gasteiger charge is 2.26. The first-order valence-electron chi connectivity index (χ1n) is 13.1. The van der Waals surface area contributed by atoms with Crippen LogP contribution >= 0.6 is 0 Å². The van der Waals surface area contributed by atoms with E-state index >= 15 is 0 Å². The lowest BCUT2D eigenvalue weighted by atomic mass is 9.86. The van der Waals surface area contributed by atoms with Crippen LogP contribution in [0.1, 0.15) is 49.8 Å². The van der Waals surface area contributed by atoms with E-state index in [0.717, 1.165) is 0 Å². The number of para-hydroxylation sites is 1. The lowest BCUT2D eigenvalue weighted by Crippen LogP contribution is -2.44. The van der Waals surface area contributed by atoms with Crippen LogP contribution in [0.15, 0.2) is 53.5 Å². The minimum Gasteiger partial charge on any atom is -0.453 e. The lowest BCUT2D eigenvalue weighted by molar-refractivity contribution is -0.123. The van der Waals surface area contributed by atoms with Crippen LogP contribution < -0.4 is 16.2 Å². The number of rotatable bonds is 10. The molecule has 1 aromatic carbocycles. The molecule has 3 aromatic rings. The Hall–Kier alpha value is -4.74. The molecule has 0 aliphatic heterocycles. The van der Waals surface area contributed by atoms with Gasteiger partial charge in [-0.3, -0.25) is 19.2 Å². The number of aromatic amines is 1. The Morgan fingerprint density at radius 2 is 1.88 bits per heavy atom. The molecular formula is C29H36N6O6. The Bertz CT molecular complexity index is 1530. The number of methoxy groups -OCH3 is 1. The van der Waals surface area contributed by atoms with Gasteiger partial charge in [-0.15, -0.1) is 0 Å². The molecule has 41 heavy (non-hydrogen) atoms. The molecule has 1 atom stereocenters. The van der Waals surface area contributed by atoms with Crippen molar-refractivity contribution in [1.82, 2.24) is 24.8 Å². The Labute approximate surface area is 237 Å². The molecule has 3 rings (SSSR count). The smallest absolute Gasteiger partial charge is 0.407 e. The average molecular weight is 565 g/mol. The Morgan fingerprint density at radius 1 is 1.15 bits per heavy atom. The first-order chi connectivity index (χ1) is 19.3. The van der Waals surface area contributed by atoms with E-state index in [0.29, 0.717) is 28.8 Å². The summed E-state index contributed by atoms with van der Waals surface area (Å²) in [4.78, 5) is 71.9. The number of Topliss-reactive ketones (excluding diaryl/α,β-unsaturated/α-hetero) is 1. The van der Waals surface area contributed by atoms with Crippen LogP contribution in [0.3, 0.4) is 0 Å². The lowest BCUT2D eigenvalue weighted by Gasteiger charge is -2.17. The zero-order valence-electron chi connectivity index (χ0n) is 24.1. The predicted octanol–water partition coefficient (Wildman–Crippen LogP) is 3.09. The molecule has 0 bridgehead atoms. The molecule has 3 N–H and O–H groups in total. The van der Waals surface area contributed by atoms with Crippen LogP contribution in [-0.4, -0.2) is 70.4 Å². The van der Waals surface area contributed by atoms with Crippen LogP contribution in [0.2, 0.25) is 0 Å². The predicted molar refractivity (Wildman–Crippen MR) is 155 cm³/mol. The summed E-state index contributed by atoms with van der Waals surface area (Å²) in [6.45, 7) is 5.60. The van der Waals surface area contributed by atoms with Crippen molar-refractivity contribution in [3.8, 4) is 0 Å². The molecule has 0 radical (unpaired) electrons. The molecule has 1 unspecified atom stereocenters. The topological polar surface area (TPSA) is 155 Å². The maximum Gasteiger partial charge on any atom is 0.407 e. The maximum atomic E-state index is 13.2. The normalized spacial score (nSPS) is 12.2. The van der Waals surface area contributed by atoms with Gasteiger partial charge in [0.15, 0.2) is 5.78 Å². The number of imidazole rings is 1. The van der Waals surface area contributed by atoms with E-state index in [1.807, 2.05) is 20.8 Å². The molecule has 218 valence electrons. The Balaban J connectivity index is 1.79. The summed E-state index contributed by atoms with van der Waals surface area (Å²) < 4.78 is 6.00.